The van der Waals surface area contributed by atoms with Gasteiger partial charge < -0.3 is 0 Å². The Balaban J connectivity index is 2.59. The minimum atomic E-state index is 0.459. The molecule has 0 bridgehead atoms. The van der Waals surface area contributed by atoms with Crippen molar-refractivity contribution in [3.8, 4) is 11.4 Å². The third-order valence-electron chi connectivity index (χ3n) is 2.10. The number of rotatable bonds is 1. The van der Waals surface area contributed by atoms with Gasteiger partial charge in [-0.25, -0.2) is 9.97 Å². The van der Waals surface area contributed by atoms with E-state index in [2.05, 4.69) is 15.0 Å². The highest BCUT2D eigenvalue weighted by Crippen LogP contribution is 2.20. The first-order valence-corrected chi connectivity index (χ1v) is 4.97. The molecule has 0 aliphatic carbocycles. The molecule has 2 heterocycles. The van der Waals surface area contributed by atoms with Crippen LogP contribution in [-0.4, -0.2) is 15.0 Å². The highest BCUT2D eigenvalue weighted by atomic mass is 35.5. The van der Waals surface area contributed by atoms with Crippen molar-refractivity contribution in [1.82, 2.24) is 15.0 Å². The summed E-state index contributed by atoms with van der Waals surface area (Å²) < 4.78 is 0. The van der Waals surface area contributed by atoms with Crippen LogP contribution in [0.15, 0.2) is 24.5 Å². The molecule has 0 unspecified atom stereocenters. The van der Waals surface area contributed by atoms with Crippen molar-refractivity contribution in [2.24, 2.45) is 0 Å². The summed E-state index contributed by atoms with van der Waals surface area (Å²) in [5, 5.41) is 0.459. The summed E-state index contributed by atoms with van der Waals surface area (Å²) in [6.07, 6.45) is 3.50. The zero-order chi connectivity index (χ0) is 10.8. The van der Waals surface area contributed by atoms with Crippen LogP contribution < -0.4 is 0 Å². The van der Waals surface area contributed by atoms with Gasteiger partial charge in [0.2, 0.25) is 0 Å². The molecule has 0 amide bonds. The van der Waals surface area contributed by atoms with Gasteiger partial charge in [0.05, 0.1) is 0 Å². The minimum Gasteiger partial charge on any atom is -0.264 e. The van der Waals surface area contributed by atoms with Crippen molar-refractivity contribution >= 4 is 11.6 Å². The van der Waals surface area contributed by atoms with Gasteiger partial charge in [-0.15, -0.1) is 0 Å². The second kappa shape index (κ2) is 3.95. The quantitative estimate of drug-likeness (QED) is 0.693. The van der Waals surface area contributed by atoms with Crippen LogP contribution in [0.1, 0.15) is 11.3 Å². The van der Waals surface area contributed by atoms with E-state index >= 15 is 0 Å². The second-order valence-corrected chi connectivity index (χ2v) is 3.73. The van der Waals surface area contributed by atoms with E-state index in [1.54, 1.807) is 18.5 Å². The molecule has 0 aliphatic heterocycles. The van der Waals surface area contributed by atoms with Gasteiger partial charge in [-0.05, 0) is 31.5 Å². The van der Waals surface area contributed by atoms with Gasteiger partial charge in [0, 0.05) is 23.7 Å². The van der Waals surface area contributed by atoms with Crippen LogP contribution in [0, 0.1) is 13.8 Å². The van der Waals surface area contributed by atoms with Crippen LogP contribution in [0.2, 0.25) is 5.15 Å². The van der Waals surface area contributed by atoms with Gasteiger partial charge in [0.25, 0.3) is 0 Å². The summed E-state index contributed by atoms with van der Waals surface area (Å²) >= 11 is 5.88. The first-order chi connectivity index (χ1) is 7.16. The van der Waals surface area contributed by atoms with Crippen molar-refractivity contribution in [1.29, 1.82) is 0 Å². The number of nitrogens with zero attached hydrogens (tertiary/aromatic N) is 3. The van der Waals surface area contributed by atoms with Gasteiger partial charge in [-0.2, -0.15) is 0 Å². The highest BCUT2D eigenvalue weighted by molar-refractivity contribution is 6.29. The molecule has 0 fully saturated rings. The fourth-order valence-corrected chi connectivity index (χ4v) is 1.59. The predicted octanol–water partition coefficient (Wildman–Crippen LogP) is 2.81. The fourth-order valence-electron chi connectivity index (χ4n) is 1.35. The van der Waals surface area contributed by atoms with Gasteiger partial charge in [0.15, 0.2) is 5.82 Å². The van der Waals surface area contributed by atoms with E-state index in [4.69, 9.17) is 11.6 Å². The molecule has 76 valence electrons. The SMILES string of the molecule is Cc1cc(Cl)nc(-c2cnccc2C)n1. The lowest BCUT2D eigenvalue weighted by Crippen LogP contribution is -1.94. The Labute approximate surface area is 93.2 Å². The molecule has 0 saturated carbocycles. The smallest absolute Gasteiger partial charge is 0.162 e. The maximum absolute atomic E-state index is 5.88. The number of halogens is 1. The van der Waals surface area contributed by atoms with Crippen LogP contribution in [0.5, 0.6) is 0 Å². The number of hydrogen-bond donors (Lipinski definition) is 0. The minimum absolute atomic E-state index is 0.459. The van der Waals surface area contributed by atoms with E-state index in [0.717, 1.165) is 16.8 Å². The summed E-state index contributed by atoms with van der Waals surface area (Å²) in [6.45, 7) is 3.89. The summed E-state index contributed by atoms with van der Waals surface area (Å²) in [5.41, 5.74) is 2.86. The average Bonchev–Trinajstić information content (AvgIpc) is 2.16. The van der Waals surface area contributed by atoms with Crippen molar-refractivity contribution in [3.63, 3.8) is 0 Å². The molecule has 15 heavy (non-hydrogen) atoms. The van der Waals surface area contributed by atoms with E-state index in [9.17, 15) is 0 Å². The molecule has 3 nitrogen and oxygen atoms in total. The number of aryl methyl sites for hydroxylation is 2. The fraction of sp³-hybridized carbons (Fsp3) is 0.182. The van der Waals surface area contributed by atoms with E-state index in [-0.39, 0.29) is 0 Å². The maximum atomic E-state index is 5.88. The molecule has 0 radical (unpaired) electrons. The molecular formula is C11H10ClN3. The van der Waals surface area contributed by atoms with Crippen LogP contribution in [-0.2, 0) is 0 Å². The van der Waals surface area contributed by atoms with Crippen LogP contribution in [0.4, 0.5) is 0 Å². The first kappa shape index (κ1) is 10.1. The summed E-state index contributed by atoms with van der Waals surface area (Å²) in [6, 6.07) is 3.66. The van der Waals surface area contributed by atoms with Crippen molar-refractivity contribution in [3.05, 3.63) is 40.9 Å². The molecule has 0 saturated heterocycles. The Bertz CT molecular complexity index is 477. The topological polar surface area (TPSA) is 38.7 Å². The van der Waals surface area contributed by atoms with Gasteiger partial charge in [0.1, 0.15) is 5.15 Å². The molecule has 0 spiro atoms. The van der Waals surface area contributed by atoms with Crippen molar-refractivity contribution < 1.29 is 0 Å². The molecular weight excluding hydrogens is 210 g/mol. The molecule has 0 aromatic carbocycles. The zero-order valence-electron chi connectivity index (χ0n) is 8.53. The molecule has 0 aliphatic rings. The summed E-state index contributed by atoms with van der Waals surface area (Å²) in [5.74, 6) is 0.630. The second-order valence-electron chi connectivity index (χ2n) is 3.35. The van der Waals surface area contributed by atoms with Gasteiger partial charge >= 0.3 is 0 Å². The van der Waals surface area contributed by atoms with E-state index < -0.39 is 0 Å². The third-order valence-corrected chi connectivity index (χ3v) is 2.30. The first-order valence-electron chi connectivity index (χ1n) is 4.59. The zero-order valence-corrected chi connectivity index (χ0v) is 9.28. The number of hydrogen-bond acceptors (Lipinski definition) is 3. The monoisotopic (exact) mass is 219 g/mol. The van der Waals surface area contributed by atoms with Crippen molar-refractivity contribution in [2.45, 2.75) is 13.8 Å². The Morgan fingerprint density at radius 1 is 1.20 bits per heavy atom. The average molecular weight is 220 g/mol. The molecule has 0 atom stereocenters. The van der Waals surface area contributed by atoms with E-state index in [0.29, 0.717) is 11.0 Å². The van der Waals surface area contributed by atoms with E-state index in [1.165, 1.54) is 0 Å². The third kappa shape index (κ3) is 2.13. The standard InChI is InChI=1S/C11H10ClN3/c1-7-3-4-13-6-9(7)11-14-8(2)5-10(12)15-11/h3-6H,1-2H3. The molecule has 2 aromatic rings. The van der Waals surface area contributed by atoms with Gasteiger partial charge in [-0.1, -0.05) is 11.6 Å². The molecule has 2 rings (SSSR count). The number of aromatic nitrogens is 3. The van der Waals surface area contributed by atoms with Gasteiger partial charge in [-0.3, -0.25) is 4.98 Å². The lowest BCUT2D eigenvalue weighted by atomic mass is 10.1. The summed E-state index contributed by atoms with van der Waals surface area (Å²) in [4.78, 5) is 12.6. The predicted molar refractivity (Wildman–Crippen MR) is 59.7 cm³/mol. The Hall–Kier alpha value is -1.48. The Morgan fingerprint density at radius 3 is 2.67 bits per heavy atom. The highest BCUT2D eigenvalue weighted by Gasteiger charge is 2.06. The Morgan fingerprint density at radius 2 is 2.00 bits per heavy atom. The molecule has 0 N–H and O–H groups in total. The lowest BCUT2D eigenvalue weighted by Gasteiger charge is -2.04. The molecule has 4 heteroatoms. The van der Waals surface area contributed by atoms with E-state index in [1.807, 2.05) is 19.9 Å². The van der Waals surface area contributed by atoms with Crippen LogP contribution >= 0.6 is 11.6 Å². The normalized spacial score (nSPS) is 10.3. The Kier molecular flexibility index (Phi) is 2.64. The largest absolute Gasteiger partial charge is 0.264 e. The van der Waals surface area contributed by atoms with Crippen molar-refractivity contribution in [2.75, 3.05) is 0 Å². The van der Waals surface area contributed by atoms with Crippen LogP contribution in [0.3, 0.4) is 0 Å². The molecule has 2 aromatic heterocycles. The number of pyridine rings is 1. The maximum Gasteiger partial charge on any atom is 0.162 e. The summed E-state index contributed by atoms with van der Waals surface area (Å²) in [7, 11) is 0. The van der Waals surface area contributed by atoms with Crippen LogP contribution in [0.25, 0.3) is 11.4 Å². The lowest BCUT2D eigenvalue weighted by molar-refractivity contribution is 1.10.